The highest BCUT2D eigenvalue weighted by Crippen LogP contribution is 2.24. The van der Waals surface area contributed by atoms with Crippen molar-refractivity contribution in [1.82, 2.24) is 20.3 Å². The molecule has 1 N–H and O–H groups in total. The average Bonchev–Trinajstić information content (AvgIpc) is 2.88. The molecule has 0 spiro atoms. The molecule has 2 unspecified atom stereocenters. The van der Waals surface area contributed by atoms with E-state index < -0.39 is 0 Å². The Morgan fingerprint density at radius 2 is 2.56 bits per heavy atom. The number of aryl methyl sites for hydroxylation is 1. The van der Waals surface area contributed by atoms with Crippen molar-refractivity contribution in [2.75, 3.05) is 13.2 Å². The van der Waals surface area contributed by atoms with Crippen LogP contribution < -0.4 is 5.32 Å². The molecule has 2 heterocycles. The molecule has 0 aromatic carbocycles. The van der Waals surface area contributed by atoms with Crippen LogP contribution >= 0.6 is 0 Å². The molecule has 0 aliphatic carbocycles. The Bertz CT molecular complexity index is 320. The van der Waals surface area contributed by atoms with Gasteiger partial charge < -0.3 is 10.1 Å². The first kappa shape index (κ1) is 11.5. The molecule has 5 heteroatoms. The molecular formula is C11H20N4O. The topological polar surface area (TPSA) is 52.0 Å². The molecule has 16 heavy (non-hydrogen) atoms. The summed E-state index contributed by atoms with van der Waals surface area (Å²) in [4.78, 5) is 0. The summed E-state index contributed by atoms with van der Waals surface area (Å²) >= 11 is 0. The maximum Gasteiger partial charge on any atom is 0.0754 e. The summed E-state index contributed by atoms with van der Waals surface area (Å²) in [5.41, 5.74) is 1.14. The third-order valence-electron chi connectivity index (χ3n) is 3.08. The predicted molar refractivity (Wildman–Crippen MR) is 61.0 cm³/mol. The first-order chi connectivity index (χ1) is 7.81. The number of aromatic nitrogens is 3. The highest BCUT2D eigenvalue weighted by Gasteiger charge is 2.23. The van der Waals surface area contributed by atoms with Crippen LogP contribution in [0.4, 0.5) is 0 Å². The van der Waals surface area contributed by atoms with Crippen LogP contribution in [0.2, 0.25) is 0 Å². The Kier molecular flexibility index (Phi) is 3.90. The third-order valence-corrected chi connectivity index (χ3v) is 3.08. The van der Waals surface area contributed by atoms with Crippen molar-refractivity contribution in [2.45, 2.75) is 38.3 Å². The molecule has 1 aromatic heterocycles. The average molecular weight is 224 g/mol. The van der Waals surface area contributed by atoms with E-state index in [4.69, 9.17) is 4.74 Å². The van der Waals surface area contributed by atoms with Gasteiger partial charge in [0.25, 0.3) is 0 Å². The fourth-order valence-corrected chi connectivity index (χ4v) is 2.26. The number of ether oxygens (including phenoxy) is 1. The zero-order chi connectivity index (χ0) is 11.4. The highest BCUT2D eigenvalue weighted by atomic mass is 16.5. The first-order valence-corrected chi connectivity index (χ1v) is 6.00. The molecule has 1 saturated heterocycles. The van der Waals surface area contributed by atoms with Crippen LogP contribution in [0.5, 0.6) is 0 Å². The SMILES string of the molecule is CCNC(CC1CCCO1)c1cnnn1C. The van der Waals surface area contributed by atoms with E-state index in [-0.39, 0.29) is 0 Å². The second kappa shape index (κ2) is 5.41. The Balaban J connectivity index is 2.01. The summed E-state index contributed by atoms with van der Waals surface area (Å²) in [7, 11) is 1.93. The van der Waals surface area contributed by atoms with E-state index in [1.807, 2.05) is 17.9 Å². The van der Waals surface area contributed by atoms with Crippen molar-refractivity contribution in [3.8, 4) is 0 Å². The van der Waals surface area contributed by atoms with E-state index in [0.29, 0.717) is 12.1 Å². The van der Waals surface area contributed by atoms with Crippen LogP contribution in [0, 0.1) is 0 Å². The third kappa shape index (κ3) is 2.59. The van der Waals surface area contributed by atoms with E-state index in [1.165, 1.54) is 12.8 Å². The van der Waals surface area contributed by atoms with E-state index >= 15 is 0 Å². The predicted octanol–water partition coefficient (Wildman–Crippen LogP) is 1.03. The van der Waals surface area contributed by atoms with Crippen LogP contribution in [-0.2, 0) is 11.8 Å². The molecule has 2 atom stereocenters. The van der Waals surface area contributed by atoms with Gasteiger partial charge in [-0.25, -0.2) is 0 Å². The molecule has 1 aliphatic rings. The number of nitrogens with zero attached hydrogens (tertiary/aromatic N) is 3. The minimum Gasteiger partial charge on any atom is -0.378 e. The van der Waals surface area contributed by atoms with Crippen LogP contribution in [0.3, 0.4) is 0 Å². The first-order valence-electron chi connectivity index (χ1n) is 6.00. The molecular weight excluding hydrogens is 204 g/mol. The molecule has 0 saturated carbocycles. The van der Waals surface area contributed by atoms with Gasteiger partial charge in [0.1, 0.15) is 0 Å². The molecule has 1 aromatic rings. The molecule has 90 valence electrons. The van der Waals surface area contributed by atoms with Gasteiger partial charge in [0.05, 0.1) is 24.0 Å². The van der Waals surface area contributed by atoms with E-state index in [0.717, 1.165) is 25.3 Å². The lowest BCUT2D eigenvalue weighted by Crippen LogP contribution is -2.27. The van der Waals surface area contributed by atoms with Crippen molar-refractivity contribution in [3.05, 3.63) is 11.9 Å². The van der Waals surface area contributed by atoms with Gasteiger partial charge in [-0.05, 0) is 25.8 Å². The zero-order valence-electron chi connectivity index (χ0n) is 10.0. The Labute approximate surface area is 96.2 Å². The Hall–Kier alpha value is -0.940. The van der Waals surface area contributed by atoms with Gasteiger partial charge >= 0.3 is 0 Å². The van der Waals surface area contributed by atoms with Crippen molar-refractivity contribution in [3.63, 3.8) is 0 Å². The van der Waals surface area contributed by atoms with Crippen LogP contribution in [0.15, 0.2) is 6.20 Å². The van der Waals surface area contributed by atoms with Gasteiger partial charge in [0.2, 0.25) is 0 Å². The van der Waals surface area contributed by atoms with Crippen LogP contribution in [0.1, 0.15) is 37.9 Å². The largest absolute Gasteiger partial charge is 0.378 e. The van der Waals surface area contributed by atoms with Gasteiger partial charge in [-0.3, -0.25) is 4.68 Å². The van der Waals surface area contributed by atoms with Gasteiger partial charge in [0.15, 0.2) is 0 Å². The fraction of sp³-hybridized carbons (Fsp3) is 0.818. The normalized spacial score (nSPS) is 22.5. The van der Waals surface area contributed by atoms with Crippen LogP contribution in [0.25, 0.3) is 0 Å². The molecule has 1 fully saturated rings. The van der Waals surface area contributed by atoms with Gasteiger partial charge in [-0.1, -0.05) is 12.1 Å². The second-order valence-corrected chi connectivity index (χ2v) is 4.26. The summed E-state index contributed by atoms with van der Waals surface area (Å²) in [5, 5.41) is 11.4. The summed E-state index contributed by atoms with van der Waals surface area (Å²) < 4.78 is 7.51. The minimum absolute atomic E-state index is 0.299. The molecule has 0 radical (unpaired) electrons. The van der Waals surface area contributed by atoms with Crippen molar-refractivity contribution in [2.24, 2.45) is 7.05 Å². The Morgan fingerprint density at radius 1 is 1.69 bits per heavy atom. The van der Waals surface area contributed by atoms with E-state index in [1.54, 1.807) is 0 Å². The zero-order valence-corrected chi connectivity index (χ0v) is 10.0. The number of hydrogen-bond acceptors (Lipinski definition) is 4. The fourth-order valence-electron chi connectivity index (χ4n) is 2.26. The maximum absolute atomic E-state index is 5.68. The molecule has 0 amide bonds. The van der Waals surface area contributed by atoms with E-state index in [9.17, 15) is 0 Å². The smallest absolute Gasteiger partial charge is 0.0754 e. The Morgan fingerprint density at radius 3 is 3.12 bits per heavy atom. The lowest BCUT2D eigenvalue weighted by atomic mass is 10.0. The standard InChI is InChI=1S/C11H20N4O/c1-3-12-10(7-9-5-4-6-16-9)11-8-13-14-15(11)2/h8-10,12H,3-7H2,1-2H3. The molecule has 0 bridgehead atoms. The second-order valence-electron chi connectivity index (χ2n) is 4.26. The van der Waals surface area contributed by atoms with Gasteiger partial charge in [-0.15, -0.1) is 5.10 Å². The van der Waals surface area contributed by atoms with Crippen molar-refractivity contribution < 1.29 is 4.74 Å². The number of rotatable bonds is 5. The van der Waals surface area contributed by atoms with Crippen molar-refractivity contribution in [1.29, 1.82) is 0 Å². The maximum atomic E-state index is 5.68. The van der Waals surface area contributed by atoms with Gasteiger partial charge in [-0.2, -0.15) is 0 Å². The number of hydrogen-bond donors (Lipinski definition) is 1. The van der Waals surface area contributed by atoms with Crippen molar-refractivity contribution >= 4 is 0 Å². The number of nitrogens with one attached hydrogen (secondary N) is 1. The van der Waals surface area contributed by atoms with Gasteiger partial charge in [0, 0.05) is 13.7 Å². The molecule has 2 rings (SSSR count). The van der Waals surface area contributed by atoms with Crippen LogP contribution in [-0.4, -0.2) is 34.2 Å². The lowest BCUT2D eigenvalue weighted by Gasteiger charge is -2.20. The molecule has 1 aliphatic heterocycles. The van der Waals surface area contributed by atoms with E-state index in [2.05, 4.69) is 22.6 Å². The summed E-state index contributed by atoms with van der Waals surface area (Å²) in [6.07, 6.45) is 5.59. The minimum atomic E-state index is 0.299. The monoisotopic (exact) mass is 224 g/mol. The lowest BCUT2D eigenvalue weighted by molar-refractivity contribution is 0.0939. The summed E-state index contributed by atoms with van der Waals surface area (Å²) in [5.74, 6) is 0. The highest BCUT2D eigenvalue weighted by molar-refractivity contribution is 5.02. The summed E-state index contributed by atoms with van der Waals surface area (Å²) in [6.45, 7) is 3.97. The molecule has 5 nitrogen and oxygen atoms in total. The summed E-state index contributed by atoms with van der Waals surface area (Å²) in [6, 6.07) is 0.299. The quantitative estimate of drug-likeness (QED) is 0.811.